The van der Waals surface area contributed by atoms with E-state index in [1.165, 1.54) is 0 Å². The van der Waals surface area contributed by atoms with Crippen LogP contribution in [0.2, 0.25) is 0 Å². The summed E-state index contributed by atoms with van der Waals surface area (Å²) in [5, 5.41) is 9.81. The lowest BCUT2D eigenvalue weighted by atomic mass is 10.1. The standard InChI is InChI=1S/C18H24N4O4/c1-6-12(7-2)19-16-14(21-17(23)18(24)25-5)9-8-13(20-16)15-10(3)22-26-11(15)4/h8-9,12H,6-7H2,1-5H3,(H,19,20)(H,21,23). The molecule has 26 heavy (non-hydrogen) atoms. The highest BCUT2D eigenvalue weighted by Gasteiger charge is 2.20. The van der Waals surface area contributed by atoms with Crippen LogP contribution in [0.1, 0.15) is 38.1 Å². The molecule has 1 amide bonds. The van der Waals surface area contributed by atoms with Crippen LogP contribution < -0.4 is 10.6 Å². The minimum atomic E-state index is -0.965. The van der Waals surface area contributed by atoms with Crippen LogP contribution in [0.5, 0.6) is 0 Å². The molecule has 0 aliphatic carbocycles. The van der Waals surface area contributed by atoms with Crippen molar-refractivity contribution in [2.24, 2.45) is 0 Å². The Hall–Kier alpha value is -2.90. The zero-order valence-electron chi connectivity index (χ0n) is 15.7. The number of carbonyl (C=O) groups is 2. The fourth-order valence-electron chi connectivity index (χ4n) is 2.61. The maximum atomic E-state index is 11.9. The van der Waals surface area contributed by atoms with Gasteiger partial charge in [-0.1, -0.05) is 19.0 Å². The molecule has 0 radical (unpaired) electrons. The van der Waals surface area contributed by atoms with E-state index in [0.717, 1.165) is 31.2 Å². The highest BCUT2D eigenvalue weighted by Crippen LogP contribution is 2.30. The van der Waals surface area contributed by atoms with Crippen LogP contribution >= 0.6 is 0 Å². The summed E-state index contributed by atoms with van der Waals surface area (Å²) in [6.45, 7) is 7.78. The third-order valence-corrected chi connectivity index (χ3v) is 4.13. The number of pyridine rings is 1. The number of amides is 1. The van der Waals surface area contributed by atoms with E-state index in [1.54, 1.807) is 12.1 Å². The fourth-order valence-corrected chi connectivity index (χ4v) is 2.61. The van der Waals surface area contributed by atoms with Gasteiger partial charge in [-0.25, -0.2) is 9.78 Å². The highest BCUT2D eigenvalue weighted by molar-refractivity contribution is 6.37. The van der Waals surface area contributed by atoms with Gasteiger partial charge in [0.1, 0.15) is 5.76 Å². The number of ether oxygens (including phenoxy) is 1. The average molecular weight is 360 g/mol. The Morgan fingerprint density at radius 1 is 1.23 bits per heavy atom. The van der Waals surface area contributed by atoms with E-state index in [0.29, 0.717) is 23.0 Å². The maximum Gasteiger partial charge on any atom is 0.396 e. The number of anilines is 2. The van der Waals surface area contributed by atoms with Crippen molar-refractivity contribution in [1.82, 2.24) is 10.1 Å². The zero-order valence-corrected chi connectivity index (χ0v) is 15.7. The molecule has 2 aromatic heterocycles. The number of nitrogens with one attached hydrogen (secondary N) is 2. The van der Waals surface area contributed by atoms with Gasteiger partial charge < -0.3 is 19.9 Å². The van der Waals surface area contributed by atoms with Crippen molar-refractivity contribution in [3.63, 3.8) is 0 Å². The van der Waals surface area contributed by atoms with Crippen molar-refractivity contribution in [2.45, 2.75) is 46.6 Å². The van der Waals surface area contributed by atoms with Crippen molar-refractivity contribution in [3.05, 3.63) is 23.6 Å². The van der Waals surface area contributed by atoms with Crippen LogP contribution in [0, 0.1) is 13.8 Å². The second-order valence-electron chi connectivity index (χ2n) is 5.90. The Labute approximate surface area is 152 Å². The van der Waals surface area contributed by atoms with E-state index in [1.807, 2.05) is 13.8 Å². The summed E-state index contributed by atoms with van der Waals surface area (Å²) < 4.78 is 9.66. The molecule has 0 aromatic carbocycles. The van der Waals surface area contributed by atoms with E-state index >= 15 is 0 Å². The first-order chi connectivity index (χ1) is 12.4. The van der Waals surface area contributed by atoms with Gasteiger partial charge in [0.2, 0.25) is 0 Å². The monoisotopic (exact) mass is 360 g/mol. The number of hydrogen-bond acceptors (Lipinski definition) is 7. The molecule has 8 nitrogen and oxygen atoms in total. The van der Waals surface area contributed by atoms with Crippen molar-refractivity contribution in [1.29, 1.82) is 0 Å². The van der Waals surface area contributed by atoms with E-state index in [4.69, 9.17) is 4.52 Å². The predicted molar refractivity (Wildman–Crippen MR) is 97.8 cm³/mol. The quantitative estimate of drug-likeness (QED) is 0.602. The normalized spacial score (nSPS) is 10.7. The highest BCUT2D eigenvalue weighted by atomic mass is 16.5. The second-order valence-corrected chi connectivity index (χ2v) is 5.90. The minimum Gasteiger partial charge on any atom is -0.462 e. The van der Waals surface area contributed by atoms with Gasteiger partial charge in [-0.2, -0.15) is 0 Å². The molecule has 0 bridgehead atoms. The third-order valence-electron chi connectivity index (χ3n) is 4.13. The summed E-state index contributed by atoms with van der Waals surface area (Å²) in [4.78, 5) is 27.9. The number of aromatic nitrogens is 2. The van der Waals surface area contributed by atoms with Gasteiger partial charge in [0.15, 0.2) is 5.82 Å². The van der Waals surface area contributed by atoms with Gasteiger partial charge in [0.25, 0.3) is 0 Å². The Balaban J connectivity index is 2.44. The molecule has 2 aromatic rings. The molecular weight excluding hydrogens is 336 g/mol. The zero-order chi connectivity index (χ0) is 19.3. The maximum absolute atomic E-state index is 11.9. The van der Waals surface area contributed by atoms with E-state index in [-0.39, 0.29) is 6.04 Å². The first-order valence-corrected chi connectivity index (χ1v) is 8.51. The Kier molecular flexibility index (Phi) is 6.32. The number of nitrogens with zero attached hydrogens (tertiary/aromatic N) is 2. The fraction of sp³-hybridized carbons (Fsp3) is 0.444. The molecule has 0 saturated carbocycles. The Morgan fingerprint density at radius 3 is 2.46 bits per heavy atom. The van der Waals surface area contributed by atoms with Crippen LogP contribution in [0.4, 0.5) is 11.5 Å². The van der Waals surface area contributed by atoms with Crippen LogP contribution in [-0.2, 0) is 14.3 Å². The molecule has 0 aliphatic heterocycles. The number of methoxy groups -OCH3 is 1. The van der Waals surface area contributed by atoms with Crippen LogP contribution in [0.15, 0.2) is 16.7 Å². The molecule has 2 heterocycles. The lowest BCUT2D eigenvalue weighted by Gasteiger charge is -2.19. The number of aryl methyl sites for hydroxylation is 2. The molecule has 0 spiro atoms. The summed E-state index contributed by atoms with van der Waals surface area (Å²) >= 11 is 0. The van der Waals surface area contributed by atoms with Crippen molar-refractivity contribution in [2.75, 3.05) is 17.7 Å². The van der Waals surface area contributed by atoms with Gasteiger partial charge in [0.05, 0.1) is 29.7 Å². The molecule has 0 atom stereocenters. The van der Waals surface area contributed by atoms with E-state index < -0.39 is 11.9 Å². The van der Waals surface area contributed by atoms with E-state index in [9.17, 15) is 9.59 Å². The number of rotatable bonds is 6. The summed E-state index contributed by atoms with van der Waals surface area (Å²) in [5.74, 6) is -0.677. The van der Waals surface area contributed by atoms with Crippen molar-refractivity contribution in [3.8, 4) is 11.3 Å². The largest absolute Gasteiger partial charge is 0.462 e. The Bertz CT molecular complexity index is 777. The number of esters is 1. The molecular formula is C18H24N4O4. The third kappa shape index (κ3) is 4.19. The van der Waals surface area contributed by atoms with Crippen molar-refractivity contribution >= 4 is 23.4 Å². The van der Waals surface area contributed by atoms with Gasteiger partial charge in [-0.15, -0.1) is 0 Å². The van der Waals surface area contributed by atoms with Crippen molar-refractivity contribution < 1.29 is 18.8 Å². The first-order valence-electron chi connectivity index (χ1n) is 8.51. The SMILES string of the molecule is CCC(CC)Nc1nc(-c2c(C)noc2C)ccc1NC(=O)C(=O)OC. The smallest absolute Gasteiger partial charge is 0.396 e. The Morgan fingerprint density at radius 2 is 1.92 bits per heavy atom. The summed E-state index contributed by atoms with van der Waals surface area (Å²) in [6.07, 6.45) is 1.77. The minimum absolute atomic E-state index is 0.177. The molecule has 8 heteroatoms. The topological polar surface area (TPSA) is 106 Å². The predicted octanol–water partition coefficient (Wildman–Crippen LogP) is 3.07. The van der Waals surface area contributed by atoms with Gasteiger partial charge in [0, 0.05) is 6.04 Å². The molecule has 0 fully saturated rings. The first kappa shape index (κ1) is 19.4. The summed E-state index contributed by atoms with van der Waals surface area (Å²) in [5.41, 5.74) is 2.62. The molecule has 0 saturated heterocycles. The molecule has 0 aliphatic rings. The second kappa shape index (κ2) is 8.46. The van der Waals surface area contributed by atoms with Crippen LogP contribution in [-0.4, -0.2) is 35.2 Å². The van der Waals surface area contributed by atoms with Crippen LogP contribution in [0.25, 0.3) is 11.3 Å². The molecule has 140 valence electrons. The summed E-state index contributed by atoms with van der Waals surface area (Å²) in [7, 11) is 1.16. The van der Waals surface area contributed by atoms with Gasteiger partial charge in [-0.3, -0.25) is 4.79 Å². The lowest BCUT2D eigenvalue weighted by molar-refractivity contribution is -0.150. The summed E-state index contributed by atoms with van der Waals surface area (Å²) in [6, 6.07) is 3.62. The molecule has 0 unspecified atom stereocenters. The van der Waals surface area contributed by atoms with E-state index in [2.05, 4.69) is 39.4 Å². The lowest BCUT2D eigenvalue weighted by Crippen LogP contribution is -2.26. The number of hydrogen-bond donors (Lipinski definition) is 2. The average Bonchev–Trinajstić information content (AvgIpc) is 2.98. The van der Waals surface area contributed by atoms with Gasteiger partial charge >= 0.3 is 11.9 Å². The van der Waals surface area contributed by atoms with Gasteiger partial charge in [-0.05, 0) is 38.8 Å². The molecule has 2 rings (SSSR count). The molecule has 2 N–H and O–H groups in total. The van der Waals surface area contributed by atoms with Crippen LogP contribution in [0.3, 0.4) is 0 Å². The number of carbonyl (C=O) groups excluding carboxylic acids is 2.